The maximum atomic E-state index is 11.9. The number of aryl methyl sites for hydroxylation is 1. The van der Waals surface area contributed by atoms with Crippen molar-refractivity contribution >= 4 is 28.6 Å². The molecule has 0 aromatic heterocycles. The highest BCUT2D eigenvalue weighted by Gasteiger charge is 2.29. The maximum Gasteiger partial charge on any atom is 0.262 e. The molecule has 88 valence electrons. The van der Waals surface area contributed by atoms with Crippen molar-refractivity contribution in [3.05, 3.63) is 35.4 Å². The molecule has 1 aromatic carbocycles. The van der Waals surface area contributed by atoms with Crippen LogP contribution in [0.25, 0.3) is 0 Å². The number of benzene rings is 1. The van der Waals surface area contributed by atoms with Crippen LogP contribution in [-0.4, -0.2) is 22.1 Å². The van der Waals surface area contributed by atoms with Gasteiger partial charge in [0.2, 0.25) is 0 Å². The number of thioether (sulfide) groups is 1. The van der Waals surface area contributed by atoms with E-state index in [0.717, 1.165) is 17.3 Å². The van der Waals surface area contributed by atoms with Gasteiger partial charge in [-0.05, 0) is 6.92 Å². The molecule has 2 rings (SSSR count). The van der Waals surface area contributed by atoms with Crippen LogP contribution in [0.4, 0.5) is 0 Å². The van der Waals surface area contributed by atoms with Gasteiger partial charge >= 0.3 is 0 Å². The van der Waals surface area contributed by atoms with Crippen molar-refractivity contribution < 1.29 is 9.59 Å². The summed E-state index contributed by atoms with van der Waals surface area (Å²) in [5, 5.41) is -0.208. The fourth-order valence-electron chi connectivity index (χ4n) is 1.56. The highest BCUT2D eigenvalue weighted by Crippen LogP contribution is 2.24. The van der Waals surface area contributed by atoms with Gasteiger partial charge in [0.25, 0.3) is 5.91 Å². The van der Waals surface area contributed by atoms with E-state index in [2.05, 4.69) is 4.99 Å². The van der Waals surface area contributed by atoms with Crippen molar-refractivity contribution in [3.63, 3.8) is 0 Å². The summed E-state index contributed by atoms with van der Waals surface area (Å²) in [7, 11) is 0. The molecule has 0 saturated carbocycles. The number of carbonyl (C=O) groups excluding carboxylic acids is 2. The molecule has 4 nitrogen and oxygen atoms in total. The van der Waals surface area contributed by atoms with Crippen molar-refractivity contribution in [2.75, 3.05) is 0 Å². The second-order valence-electron chi connectivity index (χ2n) is 3.89. The number of aliphatic imine (C=N–C) groups is 1. The molecule has 1 aromatic rings. The zero-order chi connectivity index (χ0) is 12.4. The SMILES string of the molecule is Cc1ccc(C(=O)C[C@H]2SC(N)=NC2=O)cc1. The van der Waals surface area contributed by atoms with E-state index in [4.69, 9.17) is 5.73 Å². The molecule has 0 spiro atoms. The predicted octanol–water partition coefficient (Wildman–Crippen LogP) is 1.52. The molecule has 0 aliphatic carbocycles. The van der Waals surface area contributed by atoms with Gasteiger partial charge in [0, 0.05) is 12.0 Å². The van der Waals surface area contributed by atoms with Crippen LogP contribution in [-0.2, 0) is 4.79 Å². The number of amides is 1. The smallest absolute Gasteiger partial charge is 0.262 e. The summed E-state index contributed by atoms with van der Waals surface area (Å²) < 4.78 is 0. The molecule has 0 unspecified atom stereocenters. The lowest BCUT2D eigenvalue weighted by Gasteiger charge is -2.05. The van der Waals surface area contributed by atoms with Gasteiger partial charge in [0.05, 0.1) is 0 Å². The molecule has 1 atom stereocenters. The minimum Gasteiger partial charge on any atom is -0.378 e. The zero-order valence-corrected chi connectivity index (χ0v) is 10.2. The fourth-order valence-corrected chi connectivity index (χ4v) is 2.38. The van der Waals surface area contributed by atoms with Crippen molar-refractivity contribution in [3.8, 4) is 0 Å². The first-order chi connectivity index (χ1) is 8.06. The first-order valence-corrected chi connectivity index (χ1v) is 6.09. The summed E-state index contributed by atoms with van der Waals surface area (Å²) in [6, 6.07) is 7.29. The summed E-state index contributed by atoms with van der Waals surface area (Å²) in [4.78, 5) is 26.9. The summed E-state index contributed by atoms with van der Waals surface area (Å²) in [5.41, 5.74) is 7.15. The summed E-state index contributed by atoms with van der Waals surface area (Å²) in [6.07, 6.45) is 0.150. The highest BCUT2D eigenvalue weighted by molar-refractivity contribution is 8.15. The third-order valence-corrected chi connectivity index (χ3v) is 3.49. The van der Waals surface area contributed by atoms with E-state index in [1.54, 1.807) is 12.1 Å². The molecule has 17 heavy (non-hydrogen) atoms. The molecular weight excluding hydrogens is 236 g/mol. The minimum atomic E-state index is -0.455. The third kappa shape index (κ3) is 2.74. The standard InChI is InChI=1S/C12H12N2O2S/c1-7-2-4-8(5-3-7)9(15)6-10-11(16)14-12(13)17-10/h2-5,10H,6H2,1H3,(H2,13,14,16)/t10-/m1/s1. The topological polar surface area (TPSA) is 72.5 Å². The molecule has 0 radical (unpaired) electrons. The van der Waals surface area contributed by atoms with E-state index in [0.29, 0.717) is 5.56 Å². The number of nitrogens with zero attached hydrogens (tertiary/aromatic N) is 1. The van der Waals surface area contributed by atoms with Gasteiger partial charge in [-0.2, -0.15) is 4.99 Å². The minimum absolute atomic E-state index is 0.0549. The molecule has 1 aliphatic rings. The molecule has 5 heteroatoms. The van der Waals surface area contributed by atoms with Crippen LogP contribution in [0.2, 0.25) is 0 Å². The average molecular weight is 248 g/mol. The number of amidine groups is 1. The average Bonchev–Trinajstić information content (AvgIpc) is 2.58. The Morgan fingerprint density at radius 2 is 2.06 bits per heavy atom. The van der Waals surface area contributed by atoms with E-state index < -0.39 is 5.25 Å². The predicted molar refractivity (Wildman–Crippen MR) is 68.1 cm³/mol. The van der Waals surface area contributed by atoms with Crippen molar-refractivity contribution in [2.45, 2.75) is 18.6 Å². The second-order valence-corrected chi connectivity index (χ2v) is 5.11. The van der Waals surface area contributed by atoms with Crippen LogP contribution < -0.4 is 5.73 Å². The van der Waals surface area contributed by atoms with Crippen molar-refractivity contribution in [2.24, 2.45) is 10.7 Å². The summed E-state index contributed by atoms with van der Waals surface area (Å²) in [6.45, 7) is 1.96. The number of hydrogen-bond donors (Lipinski definition) is 1. The third-order valence-electron chi connectivity index (χ3n) is 2.50. The normalized spacial score (nSPS) is 19.2. The van der Waals surface area contributed by atoms with Gasteiger partial charge in [-0.25, -0.2) is 0 Å². The number of carbonyl (C=O) groups is 2. The van der Waals surface area contributed by atoms with Gasteiger partial charge in [-0.1, -0.05) is 41.6 Å². The van der Waals surface area contributed by atoms with E-state index in [-0.39, 0.29) is 23.3 Å². The lowest BCUT2D eigenvalue weighted by Crippen LogP contribution is -2.16. The van der Waals surface area contributed by atoms with Crippen LogP contribution in [0.15, 0.2) is 29.3 Å². The Morgan fingerprint density at radius 3 is 2.59 bits per heavy atom. The molecule has 1 aliphatic heterocycles. The van der Waals surface area contributed by atoms with Crippen LogP contribution in [0.5, 0.6) is 0 Å². The van der Waals surface area contributed by atoms with Crippen LogP contribution in [0.3, 0.4) is 0 Å². The van der Waals surface area contributed by atoms with E-state index in [1.165, 1.54) is 0 Å². The molecule has 1 amide bonds. The molecular formula is C12H12N2O2S. The molecule has 2 N–H and O–H groups in total. The Hall–Kier alpha value is -1.62. The number of ketones is 1. The Morgan fingerprint density at radius 1 is 1.41 bits per heavy atom. The first kappa shape index (κ1) is 11.9. The largest absolute Gasteiger partial charge is 0.378 e. The Bertz CT molecular complexity index is 494. The van der Waals surface area contributed by atoms with Crippen LogP contribution >= 0.6 is 11.8 Å². The highest BCUT2D eigenvalue weighted by atomic mass is 32.2. The molecule has 0 fully saturated rings. The molecule has 0 bridgehead atoms. The second kappa shape index (κ2) is 4.71. The van der Waals surface area contributed by atoms with Gasteiger partial charge in [0.15, 0.2) is 11.0 Å². The zero-order valence-electron chi connectivity index (χ0n) is 9.34. The number of rotatable bonds is 3. The van der Waals surface area contributed by atoms with Gasteiger partial charge in [0.1, 0.15) is 5.25 Å². The molecule has 1 heterocycles. The lowest BCUT2D eigenvalue weighted by atomic mass is 10.0. The van der Waals surface area contributed by atoms with Crippen LogP contribution in [0.1, 0.15) is 22.3 Å². The first-order valence-electron chi connectivity index (χ1n) is 5.21. The van der Waals surface area contributed by atoms with E-state index in [9.17, 15) is 9.59 Å². The lowest BCUT2D eigenvalue weighted by molar-refractivity contribution is -0.117. The van der Waals surface area contributed by atoms with Crippen molar-refractivity contribution in [1.82, 2.24) is 0 Å². The van der Waals surface area contributed by atoms with E-state index in [1.807, 2.05) is 19.1 Å². The summed E-state index contributed by atoms with van der Waals surface area (Å²) >= 11 is 1.16. The van der Waals surface area contributed by atoms with Gasteiger partial charge < -0.3 is 5.73 Å². The molecule has 0 saturated heterocycles. The fraction of sp³-hybridized carbons (Fsp3) is 0.250. The van der Waals surface area contributed by atoms with E-state index >= 15 is 0 Å². The van der Waals surface area contributed by atoms with Crippen LogP contribution in [0, 0.1) is 6.92 Å². The number of nitrogens with two attached hydrogens (primary N) is 1. The monoisotopic (exact) mass is 248 g/mol. The number of Topliss-reactive ketones (excluding diaryl/α,β-unsaturated/α-hetero) is 1. The van der Waals surface area contributed by atoms with Gasteiger partial charge in [-0.3, -0.25) is 9.59 Å². The van der Waals surface area contributed by atoms with Crippen molar-refractivity contribution in [1.29, 1.82) is 0 Å². The Labute approximate surface area is 103 Å². The summed E-state index contributed by atoms with van der Waals surface area (Å²) in [5.74, 6) is -0.367. The number of hydrogen-bond acceptors (Lipinski definition) is 4. The quantitative estimate of drug-likeness (QED) is 0.823. The maximum absolute atomic E-state index is 11.9. The van der Waals surface area contributed by atoms with Gasteiger partial charge in [-0.15, -0.1) is 0 Å². The Kier molecular flexibility index (Phi) is 3.28. The Balaban J connectivity index is 2.03.